The van der Waals surface area contributed by atoms with Gasteiger partial charge in [0.05, 0.1) is 5.41 Å². The Morgan fingerprint density at radius 2 is 1.10 bits per heavy atom. The molecule has 1 heteroatoms. The second-order valence-electron chi connectivity index (χ2n) is 11.4. The number of rotatable bonds is 3. The van der Waals surface area contributed by atoms with Crippen molar-refractivity contribution in [3.05, 3.63) is 166 Å². The van der Waals surface area contributed by atoms with Crippen molar-refractivity contribution in [2.24, 2.45) is 0 Å². The van der Waals surface area contributed by atoms with Gasteiger partial charge in [-0.1, -0.05) is 115 Å². The molecule has 39 heavy (non-hydrogen) atoms. The van der Waals surface area contributed by atoms with Crippen LogP contribution in [0.5, 0.6) is 5.75 Å². The molecule has 0 unspecified atom stereocenters. The van der Waals surface area contributed by atoms with E-state index < -0.39 is 11.0 Å². The Morgan fingerprint density at radius 1 is 0.564 bits per heavy atom. The Morgan fingerprint density at radius 3 is 1.72 bits per heavy atom. The van der Waals surface area contributed by atoms with Crippen molar-refractivity contribution in [1.82, 2.24) is 0 Å². The van der Waals surface area contributed by atoms with Crippen molar-refractivity contribution >= 4 is 5.57 Å². The summed E-state index contributed by atoms with van der Waals surface area (Å²) in [6.07, 6.45) is 2.30. The molecule has 0 saturated heterocycles. The highest BCUT2D eigenvalue weighted by Crippen LogP contribution is 2.61. The maximum absolute atomic E-state index is 6.83. The fourth-order valence-corrected chi connectivity index (χ4v) is 7.09. The smallest absolute Gasteiger partial charge is 0.132 e. The molecule has 5 aromatic carbocycles. The molecule has 1 nitrogen and oxygen atoms in total. The van der Waals surface area contributed by atoms with E-state index in [1.165, 1.54) is 61.2 Å². The third-order valence-corrected chi connectivity index (χ3v) is 8.54. The summed E-state index contributed by atoms with van der Waals surface area (Å²) in [6, 6.07) is 41.8. The van der Waals surface area contributed by atoms with Gasteiger partial charge in [0.2, 0.25) is 0 Å². The lowest BCUT2D eigenvalue weighted by Gasteiger charge is -2.38. The number of fused-ring (bicyclic) bond motifs is 4. The van der Waals surface area contributed by atoms with Crippen LogP contribution < -0.4 is 4.74 Å². The van der Waals surface area contributed by atoms with Crippen LogP contribution in [-0.2, 0) is 5.41 Å². The third-order valence-electron chi connectivity index (χ3n) is 8.54. The molecular weight excluding hydrogens is 472 g/mol. The Labute approximate surface area is 231 Å². The lowest BCUT2D eigenvalue weighted by Crippen LogP contribution is -2.32. The van der Waals surface area contributed by atoms with Gasteiger partial charge < -0.3 is 4.74 Å². The van der Waals surface area contributed by atoms with Crippen molar-refractivity contribution in [2.45, 2.75) is 38.7 Å². The zero-order valence-corrected chi connectivity index (χ0v) is 23.0. The minimum Gasteiger partial charge on any atom is -0.483 e. The lowest BCUT2D eigenvalue weighted by atomic mass is 9.65. The van der Waals surface area contributed by atoms with Crippen LogP contribution in [0.2, 0.25) is 0 Å². The van der Waals surface area contributed by atoms with Crippen LogP contribution in [0.25, 0.3) is 16.7 Å². The Bertz CT molecular complexity index is 1700. The second kappa shape index (κ2) is 8.58. The molecule has 5 aromatic rings. The summed E-state index contributed by atoms with van der Waals surface area (Å²) < 4.78 is 6.83. The molecular formula is C38H32O. The van der Waals surface area contributed by atoms with Crippen LogP contribution in [-0.4, -0.2) is 5.60 Å². The molecule has 0 N–H and O–H groups in total. The van der Waals surface area contributed by atoms with E-state index in [1.807, 2.05) is 0 Å². The topological polar surface area (TPSA) is 9.23 Å². The summed E-state index contributed by atoms with van der Waals surface area (Å²) >= 11 is 0. The summed E-state index contributed by atoms with van der Waals surface area (Å²) in [5.41, 5.74) is 13.2. The zero-order chi connectivity index (χ0) is 26.8. The number of ether oxygens (including phenoxy) is 1. The molecule has 1 aliphatic carbocycles. The first-order valence-electron chi connectivity index (χ1n) is 13.8. The van der Waals surface area contributed by atoms with Crippen LogP contribution in [0, 0.1) is 13.8 Å². The van der Waals surface area contributed by atoms with Crippen molar-refractivity contribution in [3.63, 3.8) is 0 Å². The van der Waals surface area contributed by atoms with E-state index in [1.54, 1.807) is 0 Å². The van der Waals surface area contributed by atoms with Gasteiger partial charge in [-0.25, -0.2) is 0 Å². The molecule has 0 saturated carbocycles. The number of benzene rings is 5. The van der Waals surface area contributed by atoms with Gasteiger partial charge in [-0.15, -0.1) is 0 Å². The molecule has 190 valence electrons. The van der Waals surface area contributed by atoms with E-state index in [4.69, 9.17) is 4.74 Å². The molecule has 2 aliphatic rings. The average molecular weight is 505 g/mol. The number of hydrogen-bond donors (Lipinski definition) is 0. The van der Waals surface area contributed by atoms with Crippen LogP contribution >= 0.6 is 0 Å². The molecule has 0 amide bonds. The first kappa shape index (κ1) is 23.7. The first-order chi connectivity index (χ1) is 18.9. The summed E-state index contributed by atoms with van der Waals surface area (Å²) in [7, 11) is 0. The summed E-state index contributed by atoms with van der Waals surface area (Å²) in [6.45, 7) is 8.88. The van der Waals surface area contributed by atoms with Crippen molar-refractivity contribution in [2.75, 3.05) is 0 Å². The Hall–Kier alpha value is -4.36. The largest absolute Gasteiger partial charge is 0.483 e. The average Bonchev–Trinajstić information content (AvgIpc) is 3.29. The van der Waals surface area contributed by atoms with E-state index in [9.17, 15) is 0 Å². The molecule has 0 bridgehead atoms. The predicted octanol–water partition coefficient (Wildman–Crippen LogP) is 9.27. The molecule has 0 fully saturated rings. The monoisotopic (exact) mass is 504 g/mol. The summed E-state index contributed by atoms with van der Waals surface area (Å²) in [5.74, 6) is 1.00. The molecule has 0 radical (unpaired) electrons. The highest BCUT2D eigenvalue weighted by molar-refractivity contribution is 5.96. The van der Waals surface area contributed by atoms with E-state index in [2.05, 4.69) is 149 Å². The van der Waals surface area contributed by atoms with Gasteiger partial charge in [-0.2, -0.15) is 0 Å². The molecule has 7 rings (SSSR count). The van der Waals surface area contributed by atoms with Gasteiger partial charge in [0, 0.05) is 5.56 Å². The third kappa shape index (κ3) is 3.32. The van der Waals surface area contributed by atoms with Crippen molar-refractivity contribution in [1.29, 1.82) is 0 Å². The quantitative estimate of drug-likeness (QED) is 0.233. The van der Waals surface area contributed by atoms with Gasteiger partial charge in [0.15, 0.2) is 0 Å². The first-order valence-corrected chi connectivity index (χ1v) is 13.8. The molecule has 1 heterocycles. The van der Waals surface area contributed by atoms with Crippen LogP contribution in [0.3, 0.4) is 0 Å². The Balaban J connectivity index is 1.68. The fraction of sp³-hybridized carbons (Fsp3) is 0.158. The van der Waals surface area contributed by atoms with E-state index in [-0.39, 0.29) is 0 Å². The molecule has 0 aromatic heterocycles. The predicted molar refractivity (Wildman–Crippen MR) is 161 cm³/mol. The van der Waals surface area contributed by atoms with E-state index >= 15 is 0 Å². The minimum absolute atomic E-state index is 0.419. The maximum atomic E-state index is 6.83. The second-order valence-corrected chi connectivity index (χ2v) is 11.4. The summed E-state index contributed by atoms with van der Waals surface area (Å²) in [5, 5.41) is 0. The maximum Gasteiger partial charge on any atom is 0.132 e. The van der Waals surface area contributed by atoms with Crippen LogP contribution in [0.1, 0.15) is 58.4 Å². The molecule has 0 spiro atoms. The SMILES string of the molecule is Cc1c2c(c(C)c3c1-c1ccccc1C3(c1ccccc1)c1ccccc1)C(c1ccccc1)=CC(C)(C)O2. The van der Waals surface area contributed by atoms with Crippen molar-refractivity contribution in [3.8, 4) is 16.9 Å². The summed E-state index contributed by atoms with van der Waals surface area (Å²) in [4.78, 5) is 0. The van der Waals surface area contributed by atoms with Gasteiger partial charge >= 0.3 is 0 Å². The molecule has 1 aliphatic heterocycles. The van der Waals surface area contributed by atoms with E-state index in [0.717, 1.165) is 5.75 Å². The van der Waals surface area contributed by atoms with Gasteiger partial charge in [0.25, 0.3) is 0 Å². The minimum atomic E-state index is -0.437. The van der Waals surface area contributed by atoms with Crippen LogP contribution in [0.15, 0.2) is 121 Å². The van der Waals surface area contributed by atoms with Gasteiger partial charge in [-0.3, -0.25) is 0 Å². The zero-order valence-electron chi connectivity index (χ0n) is 23.0. The molecule has 0 atom stereocenters. The van der Waals surface area contributed by atoms with Crippen LogP contribution in [0.4, 0.5) is 0 Å². The Kier molecular flexibility index (Phi) is 5.22. The van der Waals surface area contributed by atoms with E-state index in [0.29, 0.717) is 0 Å². The van der Waals surface area contributed by atoms with Gasteiger partial charge in [-0.05, 0) is 89.4 Å². The number of hydrogen-bond acceptors (Lipinski definition) is 1. The highest BCUT2D eigenvalue weighted by atomic mass is 16.5. The standard InChI is InChI=1S/C38H32O/c1-25-34-31(27-16-8-5-9-17-27)24-37(3,4)39-36(34)26(2)33-30-22-14-15-23-32(30)38(35(25)33,28-18-10-6-11-19-28)29-20-12-7-13-21-29/h5-24H,1-4H3. The van der Waals surface area contributed by atoms with Gasteiger partial charge in [0.1, 0.15) is 11.4 Å². The van der Waals surface area contributed by atoms with Crippen molar-refractivity contribution < 1.29 is 4.74 Å². The normalized spacial score (nSPS) is 15.9. The highest BCUT2D eigenvalue weighted by Gasteiger charge is 2.49. The lowest BCUT2D eigenvalue weighted by molar-refractivity contribution is 0.157. The fourth-order valence-electron chi connectivity index (χ4n) is 7.09.